The Balaban J connectivity index is 2.02. The van der Waals surface area contributed by atoms with Gasteiger partial charge in [-0.2, -0.15) is 5.10 Å². The van der Waals surface area contributed by atoms with Crippen LogP contribution in [0.4, 0.5) is 5.82 Å². The zero-order valence-corrected chi connectivity index (χ0v) is 14.2. The van der Waals surface area contributed by atoms with Crippen LogP contribution in [0.3, 0.4) is 0 Å². The van der Waals surface area contributed by atoms with Gasteiger partial charge in [-0.05, 0) is 24.6 Å². The van der Waals surface area contributed by atoms with Gasteiger partial charge < -0.3 is 16.4 Å². The van der Waals surface area contributed by atoms with Crippen molar-refractivity contribution in [2.45, 2.75) is 12.5 Å². The van der Waals surface area contributed by atoms with Gasteiger partial charge in [0.25, 0.3) is 5.91 Å². The number of anilines is 1. The fourth-order valence-corrected chi connectivity index (χ4v) is 3.00. The summed E-state index contributed by atoms with van der Waals surface area (Å²) in [5, 5.41) is 11.1. The first-order chi connectivity index (χ1) is 12.0. The third kappa shape index (κ3) is 3.36. The summed E-state index contributed by atoms with van der Waals surface area (Å²) in [7, 11) is 0. The minimum atomic E-state index is -0.561. The lowest BCUT2D eigenvalue weighted by atomic mass is 10.1. The number of primary amides is 1. The van der Waals surface area contributed by atoms with Crippen molar-refractivity contribution in [2.75, 3.05) is 18.4 Å². The molecule has 1 aliphatic heterocycles. The van der Waals surface area contributed by atoms with E-state index in [9.17, 15) is 9.59 Å². The molecule has 0 radical (unpaired) electrons. The van der Waals surface area contributed by atoms with Gasteiger partial charge in [0.05, 0.1) is 6.04 Å². The van der Waals surface area contributed by atoms with Gasteiger partial charge in [-0.1, -0.05) is 30.3 Å². The van der Waals surface area contributed by atoms with Crippen molar-refractivity contribution in [1.82, 2.24) is 15.1 Å². The molecule has 1 aromatic heterocycles. The van der Waals surface area contributed by atoms with E-state index in [0.29, 0.717) is 35.2 Å². The molecule has 2 aromatic rings. The maximum Gasteiger partial charge on any atom is 0.254 e. The Morgan fingerprint density at radius 1 is 1.44 bits per heavy atom. The third-order valence-electron chi connectivity index (χ3n) is 4.09. The van der Waals surface area contributed by atoms with Gasteiger partial charge >= 0.3 is 0 Å². The molecule has 0 fully saturated rings. The molecule has 0 spiro atoms. The molecule has 0 saturated carbocycles. The molecule has 7 nitrogen and oxygen atoms in total. The van der Waals surface area contributed by atoms with Crippen molar-refractivity contribution in [3.8, 4) is 11.3 Å². The number of nitrogens with one attached hydrogen (secondary N) is 2. The van der Waals surface area contributed by atoms with Crippen molar-refractivity contribution in [2.24, 2.45) is 5.73 Å². The number of nitrogens with two attached hydrogens (primary N) is 1. The number of rotatable bonds is 5. The predicted molar refractivity (Wildman–Crippen MR) is 96.5 cm³/mol. The van der Waals surface area contributed by atoms with Crippen LogP contribution >= 0.6 is 11.6 Å². The van der Waals surface area contributed by atoms with Crippen molar-refractivity contribution < 1.29 is 9.59 Å². The maximum atomic E-state index is 12.0. The summed E-state index contributed by atoms with van der Waals surface area (Å²) in [5.41, 5.74) is 7.17. The van der Waals surface area contributed by atoms with Crippen LogP contribution < -0.4 is 16.4 Å². The Kier molecular flexibility index (Phi) is 4.76. The molecule has 8 heteroatoms. The minimum Gasteiger partial charge on any atom is -0.370 e. The van der Waals surface area contributed by atoms with Gasteiger partial charge in [-0.25, -0.2) is 4.68 Å². The lowest BCUT2D eigenvalue weighted by Gasteiger charge is -2.26. The molecule has 0 saturated heterocycles. The second-order valence-electron chi connectivity index (χ2n) is 5.71. The van der Waals surface area contributed by atoms with Gasteiger partial charge in [0.15, 0.2) is 0 Å². The number of nitrogens with zero attached hydrogens (tertiary/aromatic N) is 2. The summed E-state index contributed by atoms with van der Waals surface area (Å²) in [6.45, 7) is 4.48. The predicted octanol–water partition coefficient (Wildman–Crippen LogP) is 1.96. The highest BCUT2D eigenvalue weighted by atomic mass is 35.5. The van der Waals surface area contributed by atoms with E-state index in [1.807, 2.05) is 0 Å². The molecule has 0 aliphatic carbocycles. The first kappa shape index (κ1) is 17.0. The van der Waals surface area contributed by atoms with E-state index < -0.39 is 5.91 Å². The lowest BCUT2D eigenvalue weighted by Crippen LogP contribution is -2.34. The van der Waals surface area contributed by atoms with Crippen molar-refractivity contribution in [1.29, 1.82) is 0 Å². The van der Waals surface area contributed by atoms with Gasteiger partial charge in [-0.15, -0.1) is 0 Å². The number of carbonyl (C=O) groups is 2. The van der Waals surface area contributed by atoms with E-state index in [2.05, 4.69) is 22.3 Å². The first-order valence-electron chi connectivity index (χ1n) is 7.83. The van der Waals surface area contributed by atoms with Crippen LogP contribution in [-0.2, 0) is 4.79 Å². The molecule has 1 aliphatic rings. The molecule has 1 aromatic carbocycles. The second kappa shape index (κ2) is 6.98. The summed E-state index contributed by atoms with van der Waals surface area (Å²) in [6.07, 6.45) is 1.98. The molecule has 0 bridgehead atoms. The average molecular weight is 360 g/mol. The molecule has 1 atom stereocenters. The molecule has 4 N–H and O–H groups in total. The summed E-state index contributed by atoms with van der Waals surface area (Å²) in [4.78, 5) is 23.5. The SMILES string of the molecule is C=CC(=O)NCC1CCNc2c(C(N)=O)c(-c3ccc(Cl)cc3)nn21. The smallest absolute Gasteiger partial charge is 0.254 e. The maximum absolute atomic E-state index is 12.0. The summed E-state index contributed by atoms with van der Waals surface area (Å²) in [5.74, 6) is -0.240. The number of carbonyl (C=O) groups excluding carboxylic acids is 2. The van der Waals surface area contributed by atoms with E-state index in [-0.39, 0.29) is 11.9 Å². The highest BCUT2D eigenvalue weighted by Crippen LogP contribution is 2.34. The van der Waals surface area contributed by atoms with E-state index in [4.69, 9.17) is 17.3 Å². The van der Waals surface area contributed by atoms with Crippen LogP contribution in [-0.4, -0.2) is 34.7 Å². The van der Waals surface area contributed by atoms with Crippen LogP contribution in [0.1, 0.15) is 22.8 Å². The molecule has 3 rings (SSSR count). The zero-order valence-electron chi connectivity index (χ0n) is 13.5. The molecule has 130 valence electrons. The van der Waals surface area contributed by atoms with Crippen molar-refractivity contribution in [3.05, 3.63) is 47.5 Å². The standard InChI is InChI=1S/C17H18ClN5O2/c1-2-13(24)21-9-12-7-8-20-17-14(16(19)25)15(22-23(12)17)10-3-5-11(18)6-4-10/h2-6,12,20H,1,7-9H2,(H2,19,25)(H,21,24). The number of hydrogen-bond donors (Lipinski definition) is 3. The fraction of sp³-hybridized carbons (Fsp3) is 0.235. The summed E-state index contributed by atoms with van der Waals surface area (Å²) in [6, 6.07) is 6.96. The first-order valence-corrected chi connectivity index (χ1v) is 8.21. The summed E-state index contributed by atoms with van der Waals surface area (Å²) < 4.78 is 1.72. The second-order valence-corrected chi connectivity index (χ2v) is 6.14. The number of aromatic nitrogens is 2. The highest BCUT2D eigenvalue weighted by molar-refractivity contribution is 6.30. The molecule has 25 heavy (non-hydrogen) atoms. The molecular formula is C17H18ClN5O2. The van der Waals surface area contributed by atoms with Crippen LogP contribution in [0, 0.1) is 0 Å². The van der Waals surface area contributed by atoms with Crippen LogP contribution in [0.2, 0.25) is 5.02 Å². The normalized spacial score (nSPS) is 15.8. The largest absolute Gasteiger partial charge is 0.370 e. The number of amides is 2. The topological polar surface area (TPSA) is 102 Å². The molecular weight excluding hydrogens is 342 g/mol. The van der Waals surface area contributed by atoms with E-state index in [0.717, 1.165) is 12.0 Å². The highest BCUT2D eigenvalue weighted by Gasteiger charge is 2.29. The summed E-state index contributed by atoms with van der Waals surface area (Å²) >= 11 is 5.93. The van der Waals surface area contributed by atoms with Gasteiger partial charge in [-0.3, -0.25) is 9.59 Å². The van der Waals surface area contributed by atoms with Crippen LogP contribution in [0.5, 0.6) is 0 Å². The van der Waals surface area contributed by atoms with Crippen LogP contribution in [0.15, 0.2) is 36.9 Å². The molecule has 2 heterocycles. The number of benzene rings is 1. The number of fused-ring (bicyclic) bond motifs is 1. The van der Waals surface area contributed by atoms with Gasteiger partial charge in [0.1, 0.15) is 17.1 Å². The Morgan fingerprint density at radius 2 is 2.16 bits per heavy atom. The monoisotopic (exact) mass is 359 g/mol. The Labute approximate surface area is 149 Å². The Bertz CT molecular complexity index is 828. The third-order valence-corrected chi connectivity index (χ3v) is 4.34. The lowest BCUT2D eigenvalue weighted by molar-refractivity contribution is -0.116. The van der Waals surface area contributed by atoms with Gasteiger partial charge in [0.2, 0.25) is 5.91 Å². The molecule has 2 amide bonds. The van der Waals surface area contributed by atoms with Crippen molar-refractivity contribution in [3.63, 3.8) is 0 Å². The molecule has 1 unspecified atom stereocenters. The Hall–Kier alpha value is -2.80. The van der Waals surface area contributed by atoms with E-state index in [1.54, 1.807) is 28.9 Å². The van der Waals surface area contributed by atoms with Crippen molar-refractivity contribution >= 4 is 29.2 Å². The van der Waals surface area contributed by atoms with Crippen LogP contribution in [0.25, 0.3) is 11.3 Å². The van der Waals surface area contributed by atoms with Gasteiger partial charge in [0, 0.05) is 23.7 Å². The number of halogens is 1. The number of hydrogen-bond acceptors (Lipinski definition) is 4. The Morgan fingerprint density at radius 3 is 2.80 bits per heavy atom. The quantitative estimate of drug-likeness (QED) is 0.710. The van der Waals surface area contributed by atoms with E-state index >= 15 is 0 Å². The zero-order chi connectivity index (χ0) is 18.0. The average Bonchev–Trinajstić information content (AvgIpc) is 3.00. The fourth-order valence-electron chi connectivity index (χ4n) is 2.87. The minimum absolute atomic E-state index is 0.0840. The van der Waals surface area contributed by atoms with E-state index in [1.165, 1.54) is 6.08 Å².